The molecular weight excluding hydrogens is 357 g/mol. The molecule has 0 aliphatic rings. The van der Waals surface area contributed by atoms with E-state index in [1.165, 1.54) is 23.7 Å². The molecule has 116 valence electrons. The first-order chi connectivity index (χ1) is 11.0. The Kier molecular flexibility index (Phi) is 4.52. The largest absolute Gasteiger partial charge is 0.461 e. The number of hydrogen-bond donors (Lipinski definition) is 1. The van der Waals surface area contributed by atoms with Gasteiger partial charge >= 0.3 is 0 Å². The van der Waals surface area contributed by atoms with Crippen LogP contribution in [0.15, 0.2) is 45.8 Å². The Hall–Kier alpha value is -2.08. The van der Waals surface area contributed by atoms with Gasteiger partial charge in [-0.25, -0.2) is 0 Å². The van der Waals surface area contributed by atoms with Crippen molar-refractivity contribution in [1.29, 1.82) is 0 Å². The van der Waals surface area contributed by atoms with Crippen LogP contribution < -0.4 is 14.8 Å². The number of Topliss-reactive ketones (excluding diaryl/α,β-unsaturated/α-hetero) is 1. The fourth-order valence-corrected chi connectivity index (χ4v) is 3.08. The number of halogens is 2. The van der Waals surface area contributed by atoms with Crippen LogP contribution in [0.4, 0.5) is 0 Å². The molecule has 1 aromatic carbocycles. The molecular formula is C16H9Cl2NO3S. The minimum absolute atomic E-state index is 0.217. The summed E-state index contributed by atoms with van der Waals surface area (Å²) in [6, 6.07) is 8.27. The molecule has 0 spiro atoms. The van der Waals surface area contributed by atoms with E-state index < -0.39 is 0 Å². The van der Waals surface area contributed by atoms with E-state index in [2.05, 4.69) is 4.98 Å². The summed E-state index contributed by atoms with van der Waals surface area (Å²) < 4.78 is 5.93. The van der Waals surface area contributed by atoms with Gasteiger partial charge in [0, 0.05) is 6.08 Å². The standard InChI is InChI=1S/C16H9Cl2NO3S/c17-10-4-3-9(6-11(10)18)7-14-16(21)19-15(23-14)8-12(20)13-2-1-5-22-13/h1-8H,(H,19,21). The molecule has 0 atom stereocenters. The lowest BCUT2D eigenvalue weighted by Gasteiger charge is -1.96. The Labute approximate surface area is 144 Å². The number of furan rings is 1. The number of nitrogens with one attached hydrogen (secondary N) is 1. The highest BCUT2D eigenvalue weighted by atomic mass is 35.5. The summed E-state index contributed by atoms with van der Waals surface area (Å²) in [6.45, 7) is 0. The SMILES string of the molecule is O=C(C=c1[nH]c(=O)c(=Cc2ccc(Cl)c(Cl)c2)s1)c1ccco1. The number of ketones is 1. The molecule has 0 radical (unpaired) electrons. The molecule has 7 heteroatoms. The van der Waals surface area contributed by atoms with E-state index in [1.54, 1.807) is 36.4 Å². The zero-order valence-corrected chi connectivity index (χ0v) is 13.8. The molecule has 2 aromatic heterocycles. The molecule has 0 fully saturated rings. The van der Waals surface area contributed by atoms with E-state index in [0.29, 0.717) is 19.2 Å². The summed E-state index contributed by atoms with van der Waals surface area (Å²) in [7, 11) is 0. The van der Waals surface area contributed by atoms with Gasteiger partial charge in [-0.3, -0.25) is 9.59 Å². The van der Waals surface area contributed by atoms with Crippen LogP contribution in [-0.2, 0) is 0 Å². The van der Waals surface area contributed by atoms with E-state index in [4.69, 9.17) is 27.6 Å². The van der Waals surface area contributed by atoms with E-state index in [9.17, 15) is 9.59 Å². The molecule has 3 aromatic rings. The molecule has 0 saturated heterocycles. The second kappa shape index (κ2) is 6.58. The quantitative estimate of drug-likeness (QED) is 0.725. The lowest BCUT2D eigenvalue weighted by atomic mass is 10.2. The van der Waals surface area contributed by atoms with E-state index >= 15 is 0 Å². The summed E-state index contributed by atoms with van der Waals surface area (Å²) in [4.78, 5) is 26.5. The summed E-state index contributed by atoms with van der Waals surface area (Å²) in [5.74, 6) is -0.0946. The van der Waals surface area contributed by atoms with Crippen molar-refractivity contribution in [1.82, 2.24) is 4.98 Å². The van der Waals surface area contributed by atoms with Gasteiger partial charge in [0.15, 0.2) is 5.76 Å². The third-order valence-electron chi connectivity index (χ3n) is 2.95. The number of H-pyrrole nitrogens is 1. The number of benzene rings is 1. The molecule has 3 rings (SSSR count). The van der Waals surface area contributed by atoms with Gasteiger partial charge in [0.1, 0.15) is 0 Å². The Morgan fingerprint density at radius 1 is 1.22 bits per heavy atom. The van der Waals surface area contributed by atoms with Crippen molar-refractivity contribution in [3.05, 3.63) is 77.5 Å². The van der Waals surface area contributed by atoms with Crippen LogP contribution in [0, 0.1) is 0 Å². The van der Waals surface area contributed by atoms with Gasteiger partial charge in [0.2, 0.25) is 5.78 Å². The van der Waals surface area contributed by atoms with Crippen molar-refractivity contribution in [3.8, 4) is 0 Å². The maximum Gasteiger partial charge on any atom is 0.266 e. The number of hydrogen-bond acceptors (Lipinski definition) is 4. The maximum absolute atomic E-state index is 12.0. The summed E-state index contributed by atoms with van der Waals surface area (Å²) in [6.07, 6.45) is 4.43. The highest BCUT2D eigenvalue weighted by Crippen LogP contribution is 2.22. The number of rotatable bonds is 3. The van der Waals surface area contributed by atoms with Crippen molar-refractivity contribution >= 4 is 52.5 Å². The van der Waals surface area contributed by atoms with Crippen LogP contribution >= 0.6 is 34.5 Å². The normalized spacial score (nSPS) is 12.8. The first kappa shape index (κ1) is 15.8. The van der Waals surface area contributed by atoms with Gasteiger partial charge in [-0.1, -0.05) is 29.3 Å². The van der Waals surface area contributed by atoms with Crippen LogP contribution in [-0.4, -0.2) is 10.8 Å². The molecule has 0 saturated carbocycles. The minimum Gasteiger partial charge on any atom is -0.461 e. The average molecular weight is 366 g/mol. The van der Waals surface area contributed by atoms with Gasteiger partial charge in [-0.15, -0.1) is 11.3 Å². The van der Waals surface area contributed by atoms with Gasteiger partial charge in [0.05, 0.1) is 25.5 Å². The number of thiazole rings is 1. The Balaban J connectivity index is 2.01. The summed E-state index contributed by atoms with van der Waals surface area (Å²) in [5.41, 5.74) is 0.468. The molecule has 0 unspecified atom stereocenters. The Bertz CT molecular complexity index is 1030. The summed E-state index contributed by atoms with van der Waals surface area (Å²) >= 11 is 13.0. The van der Waals surface area contributed by atoms with E-state index in [-0.39, 0.29) is 17.1 Å². The summed E-state index contributed by atoms with van der Waals surface area (Å²) in [5, 5.41) is 0.857. The fourth-order valence-electron chi connectivity index (χ4n) is 1.89. The van der Waals surface area contributed by atoms with Crippen LogP contribution in [0.5, 0.6) is 0 Å². The van der Waals surface area contributed by atoms with Crippen LogP contribution in [0.2, 0.25) is 10.0 Å². The van der Waals surface area contributed by atoms with E-state index in [0.717, 1.165) is 5.56 Å². The van der Waals surface area contributed by atoms with Gasteiger partial charge < -0.3 is 9.40 Å². The molecule has 0 bridgehead atoms. The molecule has 2 heterocycles. The van der Waals surface area contributed by atoms with Gasteiger partial charge in [0.25, 0.3) is 5.56 Å². The van der Waals surface area contributed by atoms with Crippen LogP contribution in [0.25, 0.3) is 12.2 Å². The van der Waals surface area contributed by atoms with Crippen molar-refractivity contribution in [3.63, 3.8) is 0 Å². The van der Waals surface area contributed by atoms with Crippen LogP contribution in [0.1, 0.15) is 16.1 Å². The molecule has 4 nitrogen and oxygen atoms in total. The predicted octanol–water partition coefficient (Wildman–Crippen LogP) is 2.83. The zero-order valence-electron chi connectivity index (χ0n) is 11.5. The molecule has 23 heavy (non-hydrogen) atoms. The maximum atomic E-state index is 12.0. The van der Waals surface area contributed by atoms with Gasteiger partial charge in [-0.2, -0.15) is 0 Å². The van der Waals surface area contributed by atoms with Crippen molar-refractivity contribution < 1.29 is 9.21 Å². The highest BCUT2D eigenvalue weighted by molar-refractivity contribution is 7.07. The first-order valence-electron chi connectivity index (χ1n) is 6.48. The van der Waals surface area contributed by atoms with E-state index in [1.807, 2.05) is 0 Å². The highest BCUT2D eigenvalue weighted by Gasteiger charge is 2.05. The minimum atomic E-state index is -0.311. The number of carbonyl (C=O) groups is 1. The van der Waals surface area contributed by atoms with Crippen molar-refractivity contribution in [2.45, 2.75) is 0 Å². The third-order valence-corrected chi connectivity index (χ3v) is 4.65. The molecule has 0 aliphatic carbocycles. The lowest BCUT2D eigenvalue weighted by molar-refractivity contribution is 0.103. The van der Waals surface area contributed by atoms with Crippen molar-refractivity contribution in [2.75, 3.05) is 0 Å². The second-order valence-electron chi connectivity index (χ2n) is 4.59. The van der Waals surface area contributed by atoms with Crippen molar-refractivity contribution in [2.24, 2.45) is 0 Å². The molecule has 0 aliphatic heterocycles. The molecule has 1 N–H and O–H groups in total. The van der Waals surface area contributed by atoms with Crippen LogP contribution in [0.3, 0.4) is 0 Å². The topological polar surface area (TPSA) is 63.1 Å². The predicted molar refractivity (Wildman–Crippen MR) is 91.7 cm³/mol. The molecule has 0 amide bonds. The first-order valence-corrected chi connectivity index (χ1v) is 8.05. The Morgan fingerprint density at radius 3 is 2.74 bits per heavy atom. The second-order valence-corrected chi connectivity index (χ2v) is 6.49. The lowest BCUT2D eigenvalue weighted by Crippen LogP contribution is -2.19. The fraction of sp³-hybridized carbons (Fsp3) is 0. The third kappa shape index (κ3) is 3.64. The Morgan fingerprint density at radius 2 is 2.04 bits per heavy atom. The number of aromatic nitrogens is 1. The number of aromatic amines is 1. The zero-order chi connectivity index (χ0) is 16.4. The van der Waals surface area contributed by atoms with Gasteiger partial charge in [-0.05, 0) is 35.9 Å². The monoisotopic (exact) mass is 365 g/mol. The number of carbonyl (C=O) groups excluding carboxylic acids is 1. The smallest absolute Gasteiger partial charge is 0.266 e. The average Bonchev–Trinajstić information content (AvgIpc) is 3.14.